The number of halogens is 1. The lowest BCUT2D eigenvalue weighted by Gasteiger charge is -2.11. The van der Waals surface area contributed by atoms with Crippen molar-refractivity contribution in [2.24, 2.45) is 0 Å². The van der Waals surface area contributed by atoms with E-state index < -0.39 is 11.9 Å². The van der Waals surface area contributed by atoms with E-state index in [2.05, 4.69) is 5.32 Å². The Kier molecular flexibility index (Phi) is 5.57. The summed E-state index contributed by atoms with van der Waals surface area (Å²) in [4.78, 5) is 26.2. The van der Waals surface area contributed by atoms with Gasteiger partial charge in [-0.3, -0.25) is 9.69 Å². The summed E-state index contributed by atoms with van der Waals surface area (Å²) < 4.78 is 19.6. The average molecular weight is 402 g/mol. The summed E-state index contributed by atoms with van der Waals surface area (Å²) in [5.41, 5.74) is 2.06. The van der Waals surface area contributed by atoms with Crippen molar-refractivity contribution in [1.29, 1.82) is 0 Å². The maximum atomic E-state index is 13.8. The van der Waals surface area contributed by atoms with Crippen LogP contribution in [-0.2, 0) is 17.9 Å². The number of carbonyl (C=O) groups is 2. The van der Waals surface area contributed by atoms with Gasteiger partial charge >= 0.3 is 6.03 Å². The van der Waals surface area contributed by atoms with Crippen LogP contribution in [0.25, 0.3) is 6.08 Å². The van der Waals surface area contributed by atoms with Gasteiger partial charge in [-0.15, -0.1) is 0 Å². The lowest BCUT2D eigenvalue weighted by atomic mass is 10.1. The molecule has 1 aliphatic heterocycles. The first-order valence-corrected chi connectivity index (χ1v) is 9.45. The van der Waals surface area contributed by atoms with Crippen molar-refractivity contribution in [1.82, 2.24) is 10.2 Å². The van der Waals surface area contributed by atoms with Crippen LogP contribution in [0.3, 0.4) is 0 Å². The van der Waals surface area contributed by atoms with Gasteiger partial charge < -0.3 is 10.1 Å². The molecule has 4 rings (SSSR count). The molecule has 5 nitrogen and oxygen atoms in total. The molecular formula is C24H19FN2O3. The number of imide groups is 1. The highest BCUT2D eigenvalue weighted by Crippen LogP contribution is 2.24. The number of amides is 3. The summed E-state index contributed by atoms with van der Waals surface area (Å²) in [7, 11) is 0. The summed E-state index contributed by atoms with van der Waals surface area (Å²) >= 11 is 0. The van der Waals surface area contributed by atoms with E-state index in [1.165, 1.54) is 6.07 Å². The number of rotatable bonds is 6. The third-order valence-electron chi connectivity index (χ3n) is 4.71. The molecule has 3 aromatic rings. The third-order valence-corrected chi connectivity index (χ3v) is 4.71. The van der Waals surface area contributed by atoms with E-state index in [1.54, 1.807) is 48.5 Å². The van der Waals surface area contributed by atoms with Crippen molar-refractivity contribution in [3.05, 3.63) is 107 Å². The quantitative estimate of drug-likeness (QED) is 0.488. The standard InChI is InChI=1S/C24H19FN2O3/c25-20-12-6-4-11-19(20)16-30-22-13-7-5-10-18(22)14-21-23(28)27(24(29)26-21)15-17-8-2-1-3-9-17/h1-14H,15-16H2,(H,26,29)/b21-14+. The monoisotopic (exact) mass is 402 g/mol. The number of nitrogens with one attached hydrogen (secondary N) is 1. The number of urea groups is 1. The Morgan fingerprint density at radius 3 is 2.40 bits per heavy atom. The van der Waals surface area contributed by atoms with Gasteiger partial charge in [0.05, 0.1) is 6.54 Å². The van der Waals surface area contributed by atoms with Gasteiger partial charge in [0.15, 0.2) is 0 Å². The number of benzene rings is 3. The van der Waals surface area contributed by atoms with Gasteiger partial charge in [0.2, 0.25) is 0 Å². The summed E-state index contributed by atoms with van der Waals surface area (Å²) in [5, 5.41) is 2.62. The minimum atomic E-state index is -0.472. The third kappa shape index (κ3) is 4.22. The van der Waals surface area contributed by atoms with Gasteiger partial charge in [0.25, 0.3) is 5.91 Å². The van der Waals surface area contributed by atoms with Crippen LogP contribution in [0.1, 0.15) is 16.7 Å². The van der Waals surface area contributed by atoms with Crippen LogP contribution in [-0.4, -0.2) is 16.8 Å². The SMILES string of the molecule is O=C1N/C(=C/c2ccccc2OCc2ccccc2F)C(=O)N1Cc1ccccc1. The van der Waals surface area contributed by atoms with Crippen LogP contribution in [0, 0.1) is 5.82 Å². The molecule has 1 aliphatic rings. The second-order valence-corrected chi connectivity index (χ2v) is 6.78. The second-order valence-electron chi connectivity index (χ2n) is 6.78. The zero-order valence-corrected chi connectivity index (χ0v) is 16.0. The Labute approximate surface area is 173 Å². The molecule has 0 aliphatic carbocycles. The summed E-state index contributed by atoms with van der Waals surface area (Å²) in [6, 6.07) is 22.3. The first kappa shape index (κ1) is 19.4. The molecule has 0 atom stereocenters. The van der Waals surface area contributed by atoms with Crippen molar-refractivity contribution in [3.63, 3.8) is 0 Å². The topological polar surface area (TPSA) is 58.6 Å². The summed E-state index contributed by atoms with van der Waals surface area (Å²) in [5.74, 6) is -0.271. The van der Waals surface area contributed by atoms with Crippen molar-refractivity contribution in [2.75, 3.05) is 0 Å². The molecule has 1 fully saturated rings. The fourth-order valence-corrected chi connectivity index (χ4v) is 3.14. The molecule has 6 heteroatoms. The Balaban J connectivity index is 1.53. The number of para-hydroxylation sites is 1. The number of ether oxygens (including phenoxy) is 1. The van der Waals surface area contributed by atoms with Crippen LogP contribution in [0.5, 0.6) is 5.75 Å². The van der Waals surface area contributed by atoms with Crippen molar-refractivity contribution in [2.45, 2.75) is 13.2 Å². The van der Waals surface area contributed by atoms with E-state index in [9.17, 15) is 14.0 Å². The largest absolute Gasteiger partial charge is 0.488 e. The van der Waals surface area contributed by atoms with Gasteiger partial charge in [0.1, 0.15) is 23.9 Å². The number of hydrogen-bond donors (Lipinski definition) is 1. The van der Waals surface area contributed by atoms with Crippen molar-refractivity contribution in [3.8, 4) is 5.75 Å². The Hall–Kier alpha value is -3.93. The lowest BCUT2D eigenvalue weighted by molar-refractivity contribution is -0.123. The zero-order chi connectivity index (χ0) is 20.9. The molecule has 0 radical (unpaired) electrons. The van der Waals surface area contributed by atoms with Gasteiger partial charge in [-0.1, -0.05) is 66.7 Å². The Bertz CT molecular complexity index is 1110. The van der Waals surface area contributed by atoms with Gasteiger partial charge in [0, 0.05) is 11.1 Å². The zero-order valence-electron chi connectivity index (χ0n) is 16.0. The fourth-order valence-electron chi connectivity index (χ4n) is 3.14. The van der Waals surface area contributed by atoms with E-state index in [4.69, 9.17) is 4.74 Å². The number of hydrogen-bond acceptors (Lipinski definition) is 3. The summed E-state index contributed by atoms with van der Waals surface area (Å²) in [6.07, 6.45) is 1.57. The molecule has 150 valence electrons. The molecule has 30 heavy (non-hydrogen) atoms. The molecule has 3 amide bonds. The van der Waals surface area contributed by atoms with E-state index in [0.717, 1.165) is 10.5 Å². The maximum absolute atomic E-state index is 13.8. The van der Waals surface area contributed by atoms with Gasteiger partial charge in [-0.05, 0) is 23.8 Å². The summed E-state index contributed by atoms with van der Waals surface area (Å²) in [6.45, 7) is 0.238. The highest BCUT2D eigenvalue weighted by atomic mass is 19.1. The molecule has 1 heterocycles. The smallest absolute Gasteiger partial charge is 0.329 e. The van der Waals surface area contributed by atoms with Crippen LogP contribution in [0.4, 0.5) is 9.18 Å². The normalized spacial score (nSPS) is 14.8. The average Bonchev–Trinajstić information content (AvgIpc) is 3.02. The van der Waals surface area contributed by atoms with E-state index >= 15 is 0 Å². The van der Waals surface area contributed by atoms with Crippen LogP contribution >= 0.6 is 0 Å². The van der Waals surface area contributed by atoms with E-state index in [0.29, 0.717) is 16.9 Å². The predicted molar refractivity (Wildman–Crippen MR) is 111 cm³/mol. The minimum absolute atomic E-state index is 0.0489. The molecule has 0 unspecified atom stereocenters. The first-order valence-electron chi connectivity index (χ1n) is 9.45. The highest BCUT2D eigenvalue weighted by molar-refractivity contribution is 6.14. The fraction of sp³-hybridized carbons (Fsp3) is 0.0833. The number of carbonyl (C=O) groups excluding carboxylic acids is 2. The number of nitrogens with zero attached hydrogens (tertiary/aromatic N) is 1. The van der Waals surface area contributed by atoms with Crippen LogP contribution in [0.2, 0.25) is 0 Å². The molecule has 3 aromatic carbocycles. The molecule has 0 saturated carbocycles. The minimum Gasteiger partial charge on any atom is -0.488 e. The molecule has 1 N–H and O–H groups in total. The lowest BCUT2D eigenvalue weighted by Crippen LogP contribution is -2.30. The van der Waals surface area contributed by atoms with Gasteiger partial charge in [-0.25, -0.2) is 9.18 Å². The van der Waals surface area contributed by atoms with Gasteiger partial charge in [-0.2, -0.15) is 0 Å². The van der Waals surface area contributed by atoms with E-state index in [1.807, 2.05) is 30.3 Å². The highest BCUT2D eigenvalue weighted by Gasteiger charge is 2.33. The second kappa shape index (κ2) is 8.61. The molecule has 1 saturated heterocycles. The Morgan fingerprint density at radius 1 is 0.900 bits per heavy atom. The van der Waals surface area contributed by atoms with Crippen molar-refractivity contribution < 1.29 is 18.7 Å². The molecule has 0 bridgehead atoms. The predicted octanol–water partition coefficient (Wildman–Crippen LogP) is 4.50. The maximum Gasteiger partial charge on any atom is 0.329 e. The van der Waals surface area contributed by atoms with Crippen molar-refractivity contribution >= 4 is 18.0 Å². The van der Waals surface area contributed by atoms with Crippen LogP contribution in [0.15, 0.2) is 84.6 Å². The Morgan fingerprint density at radius 2 is 1.60 bits per heavy atom. The molecule has 0 aromatic heterocycles. The van der Waals surface area contributed by atoms with E-state index in [-0.39, 0.29) is 24.7 Å². The molecule has 0 spiro atoms. The first-order chi connectivity index (χ1) is 14.6. The van der Waals surface area contributed by atoms with Crippen LogP contribution < -0.4 is 10.1 Å². The molecular weight excluding hydrogens is 383 g/mol.